The molecular formula is C20H30N2O2. The fourth-order valence-corrected chi connectivity index (χ4v) is 4.26. The van der Waals surface area contributed by atoms with Crippen LogP contribution < -0.4 is 10.5 Å². The second-order valence-electron chi connectivity index (χ2n) is 7.84. The van der Waals surface area contributed by atoms with Gasteiger partial charge in [0, 0.05) is 50.2 Å². The van der Waals surface area contributed by atoms with Crippen LogP contribution in [0.3, 0.4) is 0 Å². The van der Waals surface area contributed by atoms with E-state index in [0.29, 0.717) is 12.5 Å². The zero-order valence-corrected chi connectivity index (χ0v) is 14.6. The van der Waals surface area contributed by atoms with Crippen LogP contribution in [0.1, 0.15) is 37.7 Å². The van der Waals surface area contributed by atoms with Gasteiger partial charge in [-0.3, -0.25) is 4.90 Å². The maximum absolute atomic E-state index is 6.09. The van der Waals surface area contributed by atoms with Crippen LogP contribution in [-0.4, -0.2) is 50.4 Å². The van der Waals surface area contributed by atoms with E-state index in [1.807, 2.05) is 0 Å². The lowest BCUT2D eigenvalue weighted by Crippen LogP contribution is -2.55. The first-order valence-corrected chi connectivity index (χ1v) is 9.54. The van der Waals surface area contributed by atoms with Crippen molar-refractivity contribution in [2.24, 2.45) is 11.7 Å². The molecule has 0 unspecified atom stereocenters. The van der Waals surface area contributed by atoms with E-state index in [9.17, 15) is 0 Å². The first-order valence-electron chi connectivity index (χ1n) is 9.54. The molecule has 3 aliphatic rings. The second-order valence-corrected chi connectivity index (χ2v) is 7.84. The van der Waals surface area contributed by atoms with Crippen LogP contribution in [0, 0.1) is 5.92 Å². The predicted octanol–water partition coefficient (Wildman–Crippen LogP) is 2.56. The van der Waals surface area contributed by atoms with Gasteiger partial charge in [0.05, 0.1) is 6.61 Å². The van der Waals surface area contributed by atoms with Crippen LogP contribution in [-0.2, 0) is 10.2 Å². The molecule has 1 aromatic rings. The van der Waals surface area contributed by atoms with Gasteiger partial charge >= 0.3 is 0 Å². The van der Waals surface area contributed by atoms with Gasteiger partial charge in [-0.25, -0.2) is 0 Å². The third-order valence-electron chi connectivity index (χ3n) is 6.37. The summed E-state index contributed by atoms with van der Waals surface area (Å²) in [4.78, 5) is 2.62. The molecule has 4 heteroatoms. The third-order valence-corrected chi connectivity index (χ3v) is 6.37. The highest BCUT2D eigenvalue weighted by atomic mass is 16.5. The Kier molecular flexibility index (Phi) is 4.79. The van der Waals surface area contributed by atoms with Gasteiger partial charge in [-0.2, -0.15) is 0 Å². The largest absolute Gasteiger partial charge is 0.493 e. The highest BCUT2D eigenvalue weighted by Gasteiger charge is 2.35. The van der Waals surface area contributed by atoms with Crippen LogP contribution in [0.25, 0.3) is 0 Å². The number of likely N-dealkylation sites (tertiary alicyclic amines) is 1. The predicted molar refractivity (Wildman–Crippen MR) is 95.4 cm³/mol. The van der Waals surface area contributed by atoms with Crippen molar-refractivity contribution in [1.29, 1.82) is 0 Å². The maximum Gasteiger partial charge on any atom is 0.119 e. The van der Waals surface area contributed by atoms with Crippen LogP contribution >= 0.6 is 0 Å². The van der Waals surface area contributed by atoms with Crippen molar-refractivity contribution in [3.05, 3.63) is 29.8 Å². The molecule has 1 aliphatic carbocycles. The number of rotatable bonds is 6. The molecule has 24 heavy (non-hydrogen) atoms. The smallest absolute Gasteiger partial charge is 0.119 e. The summed E-state index contributed by atoms with van der Waals surface area (Å²) >= 11 is 0. The molecule has 0 aromatic heterocycles. The Morgan fingerprint density at radius 3 is 2.42 bits per heavy atom. The van der Waals surface area contributed by atoms with E-state index in [4.69, 9.17) is 15.2 Å². The van der Waals surface area contributed by atoms with Crippen LogP contribution in [0.2, 0.25) is 0 Å². The summed E-state index contributed by atoms with van der Waals surface area (Å²) < 4.78 is 11.5. The lowest BCUT2D eigenvalue weighted by molar-refractivity contribution is -0.00244. The molecule has 2 aliphatic heterocycles. The van der Waals surface area contributed by atoms with Crippen molar-refractivity contribution in [3.63, 3.8) is 0 Å². The minimum atomic E-state index is 0.0913. The molecule has 1 saturated carbocycles. The molecule has 2 N–H and O–H groups in total. The highest BCUT2D eigenvalue weighted by molar-refractivity contribution is 5.33. The quantitative estimate of drug-likeness (QED) is 0.871. The maximum atomic E-state index is 6.09. The molecule has 0 radical (unpaired) electrons. The molecule has 4 rings (SSSR count). The minimum absolute atomic E-state index is 0.0913. The van der Waals surface area contributed by atoms with Crippen molar-refractivity contribution in [2.75, 3.05) is 39.5 Å². The summed E-state index contributed by atoms with van der Waals surface area (Å²) in [6.07, 6.45) is 6.27. The molecule has 2 heterocycles. The van der Waals surface area contributed by atoms with Gasteiger partial charge in [0.1, 0.15) is 5.75 Å². The summed E-state index contributed by atoms with van der Waals surface area (Å²) in [5, 5.41) is 0. The van der Waals surface area contributed by atoms with E-state index in [0.717, 1.165) is 44.5 Å². The standard InChI is InChI=1S/C20H30N2O2/c21-15-20(8-10-23-11-9-20)17-4-6-19(7-5-17)24-14-16-12-22(13-16)18-2-1-3-18/h4-7,16,18H,1-3,8-15,21H2. The normalized spacial score (nSPS) is 25.0. The lowest BCUT2D eigenvalue weighted by atomic mass is 9.74. The summed E-state index contributed by atoms with van der Waals surface area (Å²) in [6.45, 7) is 5.61. The molecular weight excluding hydrogens is 300 g/mol. The van der Waals surface area contributed by atoms with Gasteiger partial charge in [0.15, 0.2) is 0 Å². The molecule has 3 fully saturated rings. The minimum Gasteiger partial charge on any atom is -0.493 e. The van der Waals surface area contributed by atoms with Gasteiger partial charge in [0.25, 0.3) is 0 Å². The van der Waals surface area contributed by atoms with E-state index in [1.165, 1.54) is 37.9 Å². The first kappa shape index (κ1) is 16.4. The van der Waals surface area contributed by atoms with Crippen molar-refractivity contribution < 1.29 is 9.47 Å². The fraction of sp³-hybridized carbons (Fsp3) is 0.700. The molecule has 4 nitrogen and oxygen atoms in total. The van der Waals surface area contributed by atoms with Gasteiger partial charge < -0.3 is 15.2 Å². The summed E-state index contributed by atoms with van der Waals surface area (Å²) in [6, 6.07) is 9.52. The Labute approximate surface area is 145 Å². The van der Waals surface area contributed by atoms with E-state index >= 15 is 0 Å². The Morgan fingerprint density at radius 1 is 1.12 bits per heavy atom. The van der Waals surface area contributed by atoms with Crippen LogP contribution in [0.15, 0.2) is 24.3 Å². The lowest BCUT2D eigenvalue weighted by Gasteiger charge is -2.47. The van der Waals surface area contributed by atoms with Gasteiger partial charge in [0.2, 0.25) is 0 Å². The van der Waals surface area contributed by atoms with Crippen molar-refractivity contribution in [3.8, 4) is 5.75 Å². The number of nitrogens with two attached hydrogens (primary N) is 1. The molecule has 132 valence electrons. The van der Waals surface area contributed by atoms with Crippen molar-refractivity contribution >= 4 is 0 Å². The zero-order valence-electron chi connectivity index (χ0n) is 14.6. The van der Waals surface area contributed by atoms with Gasteiger partial charge in [-0.1, -0.05) is 18.6 Å². The number of hydrogen-bond acceptors (Lipinski definition) is 4. The Balaban J connectivity index is 1.28. The highest BCUT2D eigenvalue weighted by Crippen LogP contribution is 2.35. The van der Waals surface area contributed by atoms with E-state index in [-0.39, 0.29) is 5.41 Å². The monoisotopic (exact) mass is 330 g/mol. The zero-order chi connectivity index (χ0) is 16.4. The summed E-state index contributed by atoms with van der Waals surface area (Å²) in [7, 11) is 0. The summed E-state index contributed by atoms with van der Waals surface area (Å²) in [5.74, 6) is 1.69. The van der Waals surface area contributed by atoms with Gasteiger partial charge in [-0.15, -0.1) is 0 Å². The topological polar surface area (TPSA) is 47.7 Å². The van der Waals surface area contributed by atoms with E-state index in [1.54, 1.807) is 0 Å². The van der Waals surface area contributed by atoms with E-state index in [2.05, 4.69) is 29.2 Å². The summed E-state index contributed by atoms with van der Waals surface area (Å²) in [5.41, 5.74) is 7.52. The van der Waals surface area contributed by atoms with Gasteiger partial charge in [-0.05, 0) is 43.4 Å². The van der Waals surface area contributed by atoms with Crippen LogP contribution in [0.5, 0.6) is 5.75 Å². The average Bonchev–Trinajstić information content (AvgIpc) is 2.56. The molecule has 0 amide bonds. The van der Waals surface area contributed by atoms with Crippen molar-refractivity contribution in [2.45, 2.75) is 43.6 Å². The third kappa shape index (κ3) is 3.19. The number of benzene rings is 1. The van der Waals surface area contributed by atoms with E-state index < -0.39 is 0 Å². The second kappa shape index (κ2) is 7.03. The number of ether oxygens (including phenoxy) is 2. The molecule has 0 spiro atoms. The molecule has 2 saturated heterocycles. The Bertz CT molecular complexity index is 529. The first-order chi connectivity index (χ1) is 11.8. The Morgan fingerprint density at radius 2 is 1.83 bits per heavy atom. The molecule has 0 bridgehead atoms. The molecule has 1 aromatic carbocycles. The number of hydrogen-bond donors (Lipinski definition) is 1. The van der Waals surface area contributed by atoms with Crippen LogP contribution in [0.4, 0.5) is 0 Å². The van der Waals surface area contributed by atoms with Crippen molar-refractivity contribution in [1.82, 2.24) is 4.90 Å². The fourth-order valence-electron chi connectivity index (χ4n) is 4.26. The Hall–Kier alpha value is -1.10. The number of nitrogens with zero attached hydrogens (tertiary/aromatic N) is 1. The SMILES string of the molecule is NCC1(c2ccc(OCC3CN(C4CCC4)C3)cc2)CCOCC1. The molecule has 0 atom stereocenters. The average molecular weight is 330 g/mol.